The quantitative estimate of drug-likeness (QED) is 0.682. The van der Waals surface area contributed by atoms with Crippen molar-refractivity contribution in [3.8, 4) is 5.75 Å². The first kappa shape index (κ1) is 7.43. The third-order valence-electron chi connectivity index (χ3n) is 1.64. The number of nitrogens with zero attached hydrogens (tertiary/aromatic N) is 1. The Labute approximate surface area is 73.9 Å². The van der Waals surface area contributed by atoms with Crippen LogP contribution in [-0.4, -0.2) is 12.3 Å². The van der Waals surface area contributed by atoms with Crippen LogP contribution in [0.2, 0.25) is 5.15 Å². The van der Waals surface area contributed by atoms with E-state index in [1.54, 1.807) is 13.2 Å². The maximum atomic E-state index is 5.74. The zero-order valence-electron chi connectivity index (χ0n) is 6.37. The van der Waals surface area contributed by atoms with E-state index in [1.165, 1.54) is 0 Å². The molecule has 0 amide bonds. The zero-order valence-corrected chi connectivity index (χ0v) is 7.13. The molecule has 2 rings (SSSR count). The molecule has 4 heteroatoms. The van der Waals surface area contributed by atoms with Crippen LogP contribution in [0.1, 0.15) is 0 Å². The van der Waals surface area contributed by atoms with Crippen molar-refractivity contribution in [2.24, 2.45) is 0 Å². The lowest BCUT2D eigenvalue weighted by Gasteiger charge is -1.96. The van der Waals surface area contributed by atoms with Gasteiger partial charge in [0.1, 0.15) is 0 Å². The average molecular weight is 184 g/mol. The summed E-state index contributed by atoms with van der Waals surface area (Å²) in [5, 5.41) is 4.75. The van der Waals surface area contributed by atoms with Gasteiger partial charge in [0.05, 0.1) is 12.5 Å². The number of halogens is 1. The lowest BCUT2D eigenvalue weighted by atomic mass is 10.2. The molecule has 0 unspecified atom stereocenters. The Hall–Kier alpha value is -1.22. The van der Waals surface area contributed by atoms with Gasteiger partial charge in [0.2, 0.25) is 5.58 Å². The van der Waals surface area contributed by atoms with Crippen LogP contribution in [0, 0.1) is 0 Å². The number of aromatic nitrogens is 1. The summed E-state index contributed by atoms with van der Waals surface area (Å²) >= 11 is 5.74. The van der Waals surface area contributed by atoms with Crippen LogP contribution < -0.4 is 4.74 Å². The molecule has 0 bridgehead atoms. The number of para-hydroxylation sites is 1. The van der Waals surface area contributed by atoms with Crippen LogP contribution in [0.5, 0.6) is 5.75 Å². The van der Waals surface area contributed by atoms with Gasteiger partial charge in [-0.05, 0) is 12.1 Å². The first-order valence-electron chi connectivity index (χ1n) is 3.41. The molecule has 0 spiro atoms. The van der Waals surface area contributed by atoms with Gasteiger partial charge >= 0.3 is 0 Å². The zero-order chi connectivity index (χ0) is 8.55. The average Bonchev–Trinajstić information content (AvgIpc) is 2.48. The van der Waals surface area contributed by atoms with Crippen molar-refractivity contribution >= 4 is 22.6 Å². The molecule has 0 N–H and O–H groups in total. The van der Waals surface area contributed by atoms with Crippen LogP contribution in [0.4, 0.5) is 0 Å². The van der Waals surface area contributed by atoms with E-state index in [0.29, 0.717) is 16.5 Å². The maximum absolute atomic E-state index is 5.74. The fraction of sp³-hybridized carbons (Fsp3) is 0.125. The van der Waals surface area contributed by atoms with E-state index in [9.17, 15) is 0 Å². The van der Waals surface area contributed by atoms with Gasteiger partial charge in [0.25, 0.3) is 0 Å². The fourth-order valence-electron chi connectivity index (χ4n) is 1.07. The van der Waals surface area contributed by atoms with Crippen molar-refractivity contribution in [2.75, 3.05) is 7.11 Å². The van der Waals surface area contributed by atoms with Crippen LogP contribution in [0.15, 0.2) is 22.7 Å². The van der Waals surface area contributed by atoms with Gasteiger partial charge in [0, 0.05) is 0 Å². The van der Waals surface area contributed by atoms with Gasteiger partial charge in [-0.2, -0.15) is 0 Å². The van der Waals surface area contributed by atoms with Crippen molar-refractivity contribution in [2.45, 2.75) is 0 Å². The standard InChI is InChI=1S/C8H6ClNO2/c1-11-6-4-2-3-5-7(6)12-10-8(5)9/h2-4H,1H3. The molecule has 2 aromatic rings. The van der Waals surface area contributed by atoms with E-state index in [0.717, 1.165) is 5.39 Å². The van der Waals surface area contributed by atoms with E-state index in [1.807, 2.05) is 12.1 Å². The highest BCUT2D eigenvalue weighted by molar-refractivity contribution is 6.34. The van der Waals surface area contributed by atoms with Crippen molar-refractivity contribution in [1.29, 1.82) is 0 Å². The van der Waals surface area contributed by atoms with Gasteiger partial charge < -0.3 is 9.26 Å². The van der Waals surface area contributed by atoms with Crippen molar-refractivity contribution in [1.82, 2.24) is 5.16 Å². The Bertz CT molecular complexity index is 410. The molecule has 3 nitrogen and oxygen atoms in total. The third-order valence-corrected chi connectivity index (χ3v) is 1.91. The van der Waals surface area contributed by atoms with E-state index >= 15 is 0 Å². The predicted octanol–water partition coefficient (Wildman–Crippen LogP) is 2.49. The summed E-state index contributed by atoms with van der Waals surface area (Å²) in [6.45, 7) is 0. The fourth-order valence-corrected chi connectivity index (χ4v) is 1.25. The van der Waals surface area contributed by atoms with Crippen LogP contribution in [0.3, 0.4) is 0 Å². The summed E-state index contributed by atoms with van der Waals surface area (Å²) in [7, 11) is 1.57. The number of ether oxygens (including phenoxy) is 1. The highest BCUT2D eigenvalue weighted by Gasteiger charge is 2.09. The third kappa shape index (κ3) is 0.940. The number of hydrogen-bond acceptors (Lipinski definition) is 3. The lowest BCUT2D eigenvalue weighted by molar-refractivity contribution is 0.393. The van der Waals surface area contributed by atoms with E-state index in [2.05, 4.69) is 5.16 Å². The molecule has 0 aliphatic heterocycles. The van der Waals surface area contributed by atoms with Gasteiger partial charge in [-0.1, -0.05) is 22.8 Å². The Morgan fingerprint density at radius 1 is 1.50 bits per heavy atom. The molecule has 0 radical (unpaired) electrons. The molecule has 1 aromatic heterocycles. The first-order chi connectivity index (χ1) is 5.83. The smallest absolute Gasteiger partial charge is 0.210 e. The normalized spacial score (nSPS) is 10.5. The second-order valence-corrected chi connectivity index (χ2v) is 2.67. The summed E-state index contributed by atoms with van der Waals surface area (Å²) in [5.41, 5.74) is 0.588. The maximum Gasteiger partial charge on any atom is 0.210 e. The molecular formula is C8H6ClNO2. The van der Waals surface area contributed by atoms with Gasteiger partial charge in [-0.25, -0.2) is 0 Å². The summed E-state index contributed by atoms with van der Waals surface area (Å²) in [6, 6.07) is 5.46. The number of fused-ring (bicyclic) bond motifs is 1. The summed E-state index contributed by atoms with van der Waals surface area (Å²) in [6.07, 6.45) is 0. The molecule has 12 heavy (non-hydrogen) atoms. The molecule has 0 atom stereocenters. The molecule has 62 valence electrons. The molecule has 0 fully saturated rings. The van der Waals surface area contributed by atoms with Gasteiger partial charge in [-0.3, -0.25) is 0 Å². The van der Waals surface area contributed by atoms with Crippen molar-refractivity contribution in [3.63, 3.8) is 0 Å². The Morgan fingerprint density at radius 3 is 3.08 bits per heavy atom. The molecular weight excluding hydrogens is 178 g/mol. The lowest BCUT2D eigenvalue weighted by Crippen LogP contribution is -1.81. The minimum absolute atomic E-state index is 0.365. The van der Waals surface area contributed by atoms with Gasteiger partial charge in [-0.15, -0.1) is 0 Å². The van der Waals surface area contributed by atoms with Crippen LogP contribution in [0.25, 0.3) is 11.0 Å². The van der Waals surface area contributed by atoms with E-state index < -0.39 is 0 Å². The molecule has 0 saturated heterocycles. The monoisotopic (exact) mass is 183 g/mol. The number of hydrogen-bond donors (Lipinski definition) is 0. The molecule has 0 aliphatic carbocycles. The Kier molecular flexibility index (Phi) is 1.66. The van der Waals surface area contributed by atoms with Crippen LogP contribution >= 0.6 is 11.6 Å². The second-order valence-electron chi connectivity index (χ2n) is 2.31. The predicted molar refractivity (Wildman–Crippen MR) is 45.6 cm³/mol. The summed E-state index contributed by atoms with van der Waals surface area (Å²) < 4.78 is 10.0. The number of benzene rings is 1. The Morgan fingerprint density at radius 2 is 2.33 bits per heavy atom. The number of methoxy groups -OCH3 is 1. The first-order valence-corrected chi connectivity index (χ1v) is 3.78. The van der Waals surface area contributed by atoms with E-state index in [4.69, 9.17) is 20.9 Å². The minimum Gasteiger partial charge on any atom is -0.493 e. The van der Waals surface area contributed by atoms with E-state index in [-0.39, 0.29) is 0 Å². The molecule has 0 aliphatic rings. The SMILES string of the molecule is COc1cccc2c(Cl)noc12. The Balaban J connectivity index is 2.81. The second kappa shape index (κ2) is 2.68. The highest BCUT2D eigenvalue weighted by Crippen LogP contribution is 2.29. The molecule has 0 saturated carbocycles. The minimum atomic E-state index is 0.365. The topological polar surface area (TPSA) is 35.3 Å². The molecule has 1 aromatic carbocycles. The summed E-state index contributed by atoms with van der Waals surface area (Å²) in [5.74, 6) is 0.645. The van der Waals surface area contributed by atoms with Gasteiger partial charge in [0.15, 0.2) is 10.9 Å². The highest BCUT2D eigenvalue weighted by atomic mass is 35.5. The van der Waals surface area contributed by atoms with Crippen LogP contribution in [-0.2, 0) is 0 Å². The summed E-state index contributed by atoms with van der Waals surface area (Å²) in [4.78, 5) is 0. The van der Waals surface area contributed by atoms with Crippen molar-refractivity contribution in [3.05, 3.63) is 23.4 Å². The number of rotatable bonds is 1. The largest absolute Gasteiger partial charge is 0.493 e. The van der Waals surface area contributed by atoms with Crippen molar-refractivity contribution < 1.29 is 9.26 Å². The molecule has 1 heterocycles.